The SMILES string of the molecule is CC1CCCC(C(O)c2sccc2Br)C1. The summed E-state index contributed by atoms with van der Waals surface area (Å²) >= 11 is 5.15. The second-order valence-corrected chi connectivity index (χ2v) is 6.41. The standard InChI is InChI=1S/C12H17BrOS/c1-8-3-2-4-9(7-8)11(14)12-10(13)5-6-15-12/h5-6,8-9,11,14H,2-4,7H2,1H3. The summed E-state index contributed by atoms with van der Waals surface area (Å²) in [6.07, 6.45) is 4.68. The Kier molecular flexibility index (Phi) is 3.86. The van der Waals surface area contributed by atoms with Crippen molar-refractivity contribution < 1.29 is 5.11 Å². The molecule has 1 aromatic heterocycles. The fourth-order valence-corrected chi connectivity index (χ4v) is 4.18. The van der Waals surface area contributed by atoms with Crippen LogP contribution < -0.4 is 0 Å². The van der Waals surface area contributed by atoms with Crippen molar-refractivity contribution in [1.82, 2.24) is 0 Å². The second kappa shape index (κ2) is 4.98. The lowest BCUT2D eigenvalue weighted by Crippen LogP contribution is -2.19. The summed E-state index contributed by atoms with van der Waals surface area (Å²) in [5.74, 6) is 1.24. The van der Waals surface area contributed by atoms with E-state index in [1.165, 1.54) is 25.7 Å². The van der Waals surface area contributed by atoms with E-state index in [2.05, 4.69) is 22.9 Å². The van der Waals surface area contributed by atoms with Crippen molar-refractivity contribution >= 4 is 27.3 Å². The molecule has 0 saturated heterocycles. The van der Waals surface area contributed by atoms with Crippen molar-refractivity contribution in [3.05, 3.63) is 20.8 Å². The first-order valence-corrected chi connectivity index (χ1v) is 7.26. The van der Waals surface area contributed by atoms with E-state index in [4.69, 9.17) is 0 Å². The van der Waals surface area contributed by atoms with Crippen LogP contribution in [0.4, 0.5) is 0 Å². The van der Waals surface area contributed by atoms with Gasteiger partial charge in [-0.3, -0.25) is 0 Å². The molecule has 3 atom stereocenters. The fourth-order valence-electron chi connectivity index (χ4n) is 2.50. The normalized spacial score (nSPS) is 29.0. The van der Waals surface area contributed by atoms with Gasteiger partial charge < -0.3 is 5.11 Å². The zero-order valence-electron chi connectivity index (χ0n) is 8.95. The summed E-state index contributed by atoms with van der Waals surface area (Å²) in [6, 6.07) is 2.02. The fraction of sp³-hybridized carbons (Fsp3) is 0.667. The lowest BCUT2D eigenvalue weighted by atomic mass is 9.79. The summed E-state index contributed by atoms with van der Waals surface area (Å²) in [4.78, 5) is 1.11. The van der Waals surface area contributed by atoms with Gasteiger partial charge in [0.2, 0.25) is 0 Å². The summed E-state index contributed by atoms with van der Waals surface area (Å²) in [6.45, 7) is 2.29. The van der Waals surface area contributed by atoms with Crippen LogP contribution in [0, 0.1) is 11.8 Å². The van der Waals surface area contributed by atoms with E-state index >= 15 is 0 Å². The van der Waals surface area contributed by atoms with E-state index < -0.39 is 0 Å². The van der Waals surface area contributed by atoms with Crippen molar-refractivity contribution in [2.75, 3.05) is 0 Å². The number of rotatable bonds is 2. The van der Waals surface area contributed by atoms with Crippen LogP contribution in [0.15, 0.2) is 15.9 Å². The highest BCUT2D eigenvalue weighted by atomic mass is 79.9. The predicted octanol–water partition coefficient (Wildman–Crippen LogP) is 4.37. The number of aliphatic hydroxyl groups excluding tert-OH is 1. The first kappa shape index (κ1) is 11.6. The van der Waals surface area contributed by atoms with Crippen molar-refractivity contribution in [3.8, 4) is 0 Å². The molecule has 1 heterocycles. The average Bonchev–Trinajstić information content (AvgIpc) is 2.63. The quantitative estimate of drug-likeness (QED) is 0.857. The second-order valence-electron chi connectivity index (χ2n) is 4.61. The molecule has 2 rings (SSSR count). The van der Waals surface area contributed by atoms with Crippen LogP contribution in [0.25, 0.3) is 0 Å². The van der Waals surface area contributed by atoms with Crippen molar-refractivity contribution in [2.24, 2.45) is 11.8 Å². The van der Waals surface area contributed by atoms with Crippen molar-refractivity contribution in [1.29, 1.82) is 0 Å². The Morgan fingerprint density at radius 1 is 1.53 bits per heavy atom. The minimum Gasteiger partial charge on any atom is -0.387 e. The van der Waals surface area contributed by atoms with Crippen LogP contribution in [0.3, 0.4) is 0 Å². The largest absolute Gasteiger partial charge is 0.387 e. The Balaban J connectivity index is 2.07. The van der Waals surface area contributed by atoms with Gasteiger partial charge in [-0.05, 0) is 52.1 Å². The van der Waals surface area contributed by atoms with Crippen LogP contribution >= 0.6 is 27.3 Å². The predicted molar refractivity (Wildman–Crippen MR) is 68.1 cm³/mol. The zero-order chi connectivity index (χ0) is 10.8. The van der Waals surface area contributed by atoms with E-state index in [0.717, 1.165) is 15.3 Å². The third-order valence-corrected chi connectivity index (χ3v) is 5.28. The van der Waals surface area contributed by atoms with Gasteiger partial charge in [0.15, 0.2) is 0 Å². The van der Waals surface area contributed by atoms with Gasteiger partial charge in [0.05, 0.1) is 6.10 Å². The molecule has 3 unspecified atom stereocenters. The first-order valence-electron chi connectivity index (χ1n) is 5.59. The number of hydrogen-bond acceptors (Lipinski definition) is 2. The molecule has 1 aliphatic carbocycles. The Morgan fingerprint density at radius 2 is 2.33 bits per heavy atom. The Hall–Kier alpha value is 0.140. The van der Waals surface area contributed by atoms with Crippen LogP contribution in [0.2, 0.25) is 0 Å². The third kappa shape index (κ3) is 2.63. The maximum Gasteiger partial charge on any atom is 0.0921 e. The molecule has 0 spiro atoms. The molecule has 1 aromatic rings. The molecule has 0 aliphatic heterocycles. The number of hydrogen-bond donors (Lipinski definition) is 1. The first-order chi connectivity index (χ1) is 7.18. The highest BCUT2D eigenvalue weighted by molar-refractivity contribution is 9.10. The Labute approximate surface area is 104 Å². The molecule has 3 heteroatoms. The average molecular weight is 289 g/mol. The topological polar surface area (TPSA) is 20.2 Å². The van der Waals surface area contributed by atoms with E-state index in [-0.39, 0.29) is 6.10 Å². The summed E-state index contributed by atoms with van der Waals surface area (Å²) in [5.41, 5.74) is 0. The van der Waals surface area contributed by atoms with Crippen LogP contribution in [-0.4, -0.2) is 5.11 Å². The van der Waals surface area contributed by atoms with Gasteiger partial charge in [-0.2, -0.15) is 0 Å². The highest BCUT2D eigenvalue weighted by Gasteiger charge is 2.27. The Bertz CT molecular complexity index is 323. The van der Waals surface area contributed by atoms with Crippen LogP contribution in [0.5, 0.6) is 0 Å². The van der Waals surface area contributed by atoms with Gasteiger partial charge in [0.25, 0.3) is 0 Å². The molecule has 0 bridgehead atoms. The van der Waals surface area contributed by atoms with Gasteiger partial charge in [0, 0.05) is 9.35 Å². The molecule has 1 saturated carbocycles. The monoisotopic (exact) mass is 288 g/mol. The minimum atomic E-state index is -0.262. The molecule has 1 fully saturated rings. The lowest BCUT2D eigenvalue weighted by Gasteiger charge is -2.30. The Morgan fingerprint density at radius 3 is 2.93 bits per heavy atom. The highest BCUT2D eigenvalue weighted by Crippen LogP contribution is 2.40. The molecule has 1 N–H and O–H groups in total. The van der Waals surface area contributed by atoms with E-state index in [1.54, 1.807) is 11.3 Å². The molecule has 84 valence electrons. The molecular weight excluding hydrogens is 272 g/mol. The molecular formula is C12H17BrOS. The maximum absolute atomic E-state index is 10.3. The molecule has 15 heavy (non-hydrogen) atoms. The molecule has 0 radical (unpaired) electrons. The third-order valence-electron chi connectivity index (χ3n) is 3.34. The van der Waals surface area contributed by atoms with Gasteiger partial charge >= 0.3 is 0 Å². The summed E-state index contributed by atoms with van der Waals surface area (Å²) in [7, 11) is 0. The summed E-state index contributed by atoms with van der Waals surface area (Å²) in [5, 5.41) is 12.3. The van der Waals surface area contributed by atoms with Crippen molar-refractivity contribution in [2.45, 2.75) is 38.7 Å². The van der Waals surface area contributed by atoms with Gasteiger partial charge in [-0.25, -0.2) is 0 Å². The van der Waals surface area contributed by atoms with Crippen molar-refractivity contribution in [3.63, 3.8) is 0 Å². The summed E-state index contributed by atoms with van der Waals surface area (Å²) < 4.78 is 1.07. The van der Waals surface area contributed by atoms with E-state index in [0.29, 0.717) is 5.92 Å². The van der Waals surface area contributed by atoms with Gasteiger partial charge in [-0.1, -0.05) is 19.8 Å². The van der Waals surface area contributed by atoms with E-state index in [1.807, 2.05) is 11.4 Å². The number of halogens is 1. The molecule has 1 aliphatic rings. The number of thiophene rings is 1. The lowest BCUT2D eigenvalue weighted by molar-refractivity contribution is 0.0737. The number of aliphatic hydroxyl groups is 1. The van der Waals surface area contributed by atoms with E-state index in [9.17, 15) is 5.11 Å². The molecule has 0 amide bonds. The maximum atomic E-state index is 10.3. The van der Waals surface area contributed by atoms with Crippen LogP contribution in [0.1, 0.15) is 43.6 Å². The van der Waals surface area contributed by atoms with Crippen LogP contribution in [-0.2, 0) is 0 Å². The smallest absolute Gasteiger partial charge is 0.0921 e. The van der Waals surface area contributed by atoms with Gasteiger partial charge in [-0.15, -0.1) is 11.3 Å². The zero-order valence-corrected chi connectivity index (χ0v) is 11.4. The molecule has 1 nitrogen and oxygen atoms in total. The molecule has 0 aromatic carbocycles. The minimum absolute atomic E-state index is 0.262. The van der Waals surface area contributed by atoms with Gasteiger partial charge in [0.1, 0.15) is 0 Å².